The van der Waals surface area contributed by atoms with Gasteiger partial charge in [0.25, 0.3) is 0 Å². The molecule has 0 aromatic heterocycles. The standard InChI is InChI=1S/Au.3K.3H2O5S2/c;;;;3*1-6(2)5-7(3)4/h;;;;3*(H,1,2)(H,3,4)/q+3;3*+1;;;/p-6. The van der Waals surface area contributed by atoms with Gasteiger partial charge in [-0.15, -0.1) is 0 Å². The molecule has 0 radical (unpaired) electrons. The molecule has 0 amide bonds. The Bertz CT molecular complexity index is 328. The largest absolute Gasteiger partial charge is 3.00 e. The molecular formula is AuK3O15S6. The van der Waals surface area contributed by atoms with E-state index in [1.165, 1.54) is 0 Å². The Morgan fingerprint density at radius 1 is 0.400 bits per heavy atom. The molecule has 0 bridgehead atoms. The molecule has 25 heavy (non-hydrogen) atoms. The Balaban J connectivity index is -0.0000000360. The monoisotopic (exact) mass is 746 g/mol. The third-order valence-corrected chi connectivity index (χ3v) is 3.00. The van der Waals surface area contributed by atoms with Crippen molar-refractivity contribution in [3.05, 3.63) is 0 Å². The van der Waals surface area contributed by atoms with Crippen molar-refractivity contribution in [1.29, 1.82) is 0 Å². The van der Waals surface area contributed by atoms with E-state index in [-0.39, 0.29) is 177 Å². The summed E-state index contributed by atoms with van der Waals surface area (Å²) >= 11 is -17.7. The Hall–Kier alpha value is 6.19. The van der Waals surface area contributed by atoms with Crippen molar-refractivity contribution < 1.29 is 240 Å². The summed E-state index contributed by atoms with van der Waals surface area (Å²) in [5.74, 6) is 0. The number of hydrogen-bond acceptors (Lipinski definition) is 15. The van der Waals surface area contributed by atoms with Crippen LogP contribution in [0.4, 0.5) is 0 Å². The van der Waals surface area contributed by atoms with E-state index in [2.05, 4.69) is 10.9 Å². The molecule has 0 unspecified atom stereocenters. The summed E-state index contributed by atoms with van der Waals surface area (Å²) in [5, 5.41) is 0. The molecule has 0 atom stereocenters. The fourth-order valence-electron chi connectivity index (χ4n) is 0.136. The molecule has 15 nitrogen and oxygen atoms in total. The summed E-state index contributed by atoms with van der Waals surface area (Å²) < 4.78 is 120. The van der Waals surface area contributed by atoms with E-state index in [9.17, 15) is 52.6 Å². The molecule has 0 aromatic rings. The number of hydrogen-bond donors (Lipinski definition) is 0. The van der Waals surface area contributed by atoms with Gasteiger partial charge < -0.3 is 27.3 Å². The van der Waals surface area contributed by atoms with E-state index in [0.717, 1.165) is 0 Å². The molecule has 0 aliphatic rings. The van der Waals surface area contributed by atoms with Crippen LogP contribution in [0.1, 0.15) is 0 Å². The normalized spacial score (nSPS) is 15.6. The van der Waals surface area contributed by atoms with Gasteiger partial charge in [0, 0.05) is 0 Å². The van der Waals surface area contributed by atoms with Crippen molar-refractivity contribution in [3.8, 4) is 0 Å². The minimum atomic E-state index is -2.96. The summed E-state index contributed by atoms with van der Waals surface area (Å²) in [4.78, 5) is 0. The summed E-state index contributed by atoms with van der Waals surface area (Å²) in [6.07, 6.45) is 0. The van der Waals surface area contributed by atoms with Crippen molar-refractivity contribution in [3.63, 3.8) is 0 Å². The van der Waals surface area contributed by atoms with Gasteiger partial charge in [-0.1, -0.05) is 0 Å². The molecule has 0 aliphatic carbocycles. The second kappa shape index (κ2) is 34.8. The van der Waals surface area contributed by atoms with Gasteiger partial charge >= 0.3 is 177 Å². The fourth-order valence-corrected chi connectivity index (χ4v) is 1.22. The second-order valence-electron chi connectivity index (χ2n) is 1.43. The van der Waals surface area contributed by atoms with Crippen LogP contribution in [0.2, 0.25) is 0 Å². The van der Waals surface area contributed by atoms with Crippen LogP contribution in [-0.2, 0) is 101 Å². The quantitative estimate of drug-likeness (QED) is 0.180. The zero-order valence-corrected chi connectivity index (χ0v) is 28.3. The minimum Gasteiger partial charge on any atom is -0.749 e. The van der Waals surface area contributed by atoms with Crippen molar-refractivity contribution in [2.45, 2.75) is 0 Å². The maximum atomic E-state index is 9.19. The SMILES string of the molecule is O=S([O-])OS(=O)[O-].O=S([O-])OS(=O)[O-].O=S([O-])OS(=O)[O-].[Au+3].[K+].[K+].[K+]. The van der Waals surface area contributed by atoms with Crippen molar-refractivity contribution in [2.75, 3.05) is 0 Å². The third kappa shape index (κ3) is 72.5. The van der Waals surface area contributed by atoms with E-state index in [1.807, 2.05) is 0 Å². The van der Waals surface area contributed by atoms with Crippen molar-refractivity contribution in [2.24, 2.45) is 0 Å². The van der Waals surface area contributed by atoms with E-state index in [1.54, 1.807) is 0 Å². The maximum absolute atomic E-state index is 9.19. The number of rotatable bonds is 6. The summed E-state index contributed by atoms with van der Waals surface area (Å²) in [5.41, 5.74) is 0. The Kier molecular flexibility index (Phi) is 67.6. The summed E-state index contributed by atoms with van der Waals surface area (Å²) in [6, 6.07) is 0. The average molecular weight is 747 g/mol. The van der Waals surface area contributed by atoms with E-state index >= 15 is 0 Å². The molecule has 0 aliphatic heterocycles. The molecule has 25 heteroatoms. The third-order valence-electron chi connectivity index (χ3n) is 0.333. The molecule has 0 saturated heterocycles. The van der Waals surface area contributed by atoms with Crippen molar-refractivity contribution in [1.82, 2.24) is 0 Å². The molecule has 0 aromatic carbocycles. The van der Waals surface area contributed by atoms with Gasteiger partial charge in [-0.25, -0.2) is 36.1 Å². The van der Waals surface area contributed by atoms with Crippen LogP contribution in [0.5, 0.6) is 0 Å². The van der Waals surface area contributed by atoms with Gasteiger partial charge in [0.2, 0.25) is 0 Å². The first-order chi connectivity index (χ1) is 9.38. The van der Waals surface area contributed by atoms with E-state index in [4.69, 9.17) is 0 Å². The summed E-state index contributed by atoms with van der Waals surface area (Å²) in [6.45, 7) is 0. The first-order valence-corrected chi connectivity index (χ1v) is 9.00. The Labute approximate surface area is 300 Å². The molecule has 0 fully saturated rings. The first kappa shape index (κ1) is 48.6. The Morgan fingerprint density at radius 3 is 0.480 bits per heavy atom. The van der Waals surface area contributed by atoms with Gasteiger partial charge in [-0.2, -0.15) is 0 Å². The van der Waals surface area contributed by atoms with Gasteiger partial charge in [-0.3, -0.25) is 0 Å². The minimum absolute atomic E-state index is 0. The van der Waals surface area contributed by atoms with Gasteiger partial charge in [-0.05, 0) is 0 Å². The molecule has 0 heterocycles. The van der Waals surface area contributed by atoms with Gasteiger partial charge in [0.1, 0.15) is 0 Å². The van der Waals surface area contributed by atoms with Crippen LogP contribution in [-0.4, -0.2) is 52.6 Å². The van der Waals surface area contributed by atoms with E-state index in [0.29, 0.717) is 0 Å². The first-order valence-electron chi connectivity index (χ1n) is 3.00. The zero-order valence-electron chi connectivity index (χ0n) is 11.9. The smallest absolute Gasteiger partial charge is 0.749 e. The summed E-state index contributed by atoms with van der Waals surface area (Å²) in [7, 11) is 0. The molecule has 0 N–H and O–H groups in total. The predicted molar refractivity (Wildman–Crippen MR) is 56.8 cm³/mol. The molecule has 0 rings (SSSR count). The topological polar surface area (TPSA) is 268 Å². The van der Waals surface area contributed by atoms with Crippen LogP contribution in [0.15, 0.2) is 0 Å². The van der Waals surface area contributed by atoms with Crippen LogP contribution >= 0.6 is 0 Å². The molecule has 0 saturated carbocycles. The predicted octanol–water partition coefficient (Wildman–Crippen LogP) is -13.2. The second-order valence-corrected chi connectivity index (χ2v) is 5.51. The molecule has 140 valence electrons. The van der Waals surface area contributed by atoms with Crippen LogP contribution in [0, 0.1) is 0 Å². The van der Waals surface area contributed by atoms with Gasteiger partial charge in [0.05, 0.1) is 68.2 Å². The fraction of sp³-hybridized carbons (Fsp3) is 0. The van der Waals surface area contributed by atoms with Crippen LogP contribution in [0.3, 0.4) is 0 Å². The average Bonchev–Trinajstić information content (AvgIpc) is 2.10. The van der Waals surface area contributed by atoms with E-state index < -0.39 is 68.2 Å². The molecular weight excluding hydrogens is 747 g/mol. The zero-order chi connectivity index (χ0) is 17.6. The molecule has 0 spiro atoms. The maximum Gasteiger partial charge on any atom is 3.00 e. The van der Waals surface area contributed by atoms with Crippen LogP contribution in [0.25, 0.3) is 0 Å². The Morgan fingerprint density at radius 2 is 0.480 bits per heavy atom. The van der Waals surface area contributed by atoms with Crippen molar-refractivity contribution >= 4 is 68.2 Å². The van der Waals surface area contributed by atoms with Crippen LogP contribution < -0.4 is 154 Å². The van der Waals surface area contributed by atoms with Gasteiger partial charge in [0.15, 0.2) is 0 Å².